The number of halogens is 1. The van der Waals surface area contributed by atoms with Crippen LogP contribution in [0, 0.1) is 0 Å². The lowest BCUT2D eigenvalue weighted by Gasteiger charge is -2.33. The Bertz CT molecular complexity index is 405. The van der Waals surface area contributed by atoms with Gasteiger partial charge in [0.25, 0.3) is 0 Å². The summed E-state index contributed by atoms with van der Waals surface area (Å²) in [5.74, 6) is 0. The van der Waals surface area contributed by atoms with Gasteiger partial charge in [-0.2, -0.15) is 0 Å². The van der Waals surface area contributed by atoms with Gasteiger partial charge in [-0.1, -0.05) is 13.8 Å². The lowest BCUT2D eigenvalue weighted by atomic mass is 10.1. The zero-order valence-corrected chi connectivity index (χ0v) is 13.4. The lowest BCUT2D eigenvalue weighted by Crippen LogP contribution is -2.37. The first-order valence-electron chi connectivity index (χ1n) is 6.68. The molecule has 4 heteroatoms. The topological polar surface area (TPSA) is 29.5 Å². The maximum Gasteiger partial charge on any atom is 0.150 e. The summed E-state index contributed by atoms with van der Waals surface area (Å²) in [6, 6.07) is 6.20. The Morgan fingerprint density at radius 2 is 2.05 bits per heavy atom. The van der Waals surface area contributed by atoms with E-state index in [1.54, 1.807) is 7.11 Å². The Kier molecular flexibility index (Phi) is 7.10. The van der Waals surface area contributed by atoms with Gasteiger partial charge in [-0.05, 0) is 47.0 Å². The van der Waals surface area contributed by atoms with Gasteiger partial charge in [0.1, 0.15) is 6.29 Å². The highest BCUT2D eigenvalue weighted by Gasteiger charge is 2.17. The molecule has 19 heavy (non-hydrogen) atoms. The van der Waals surface area contributed by atoms with Crippen LogP contribution in [-0.4, -0.2) is 32.6 Å². The van der Waals surface area contributed by atoms with Crippen molar-refractivity contribution in [1.29, 1.82) is 0 Å². The van der Waals surface area contributed by atoms with Gasteiger partial charge in [-0.3, -0.25) is 4.79 Å². The molecule has 1 rings (SSSR count). The van der Waals surface area contributed by atoms with Gasteiger partial charge in [-0.15, -0.1) is 0 Å². The van der Waals surface area contributed by atoms with Crippen molar-refractivity contribution in [2.24, 2.45) is 0 Å². The summed E-state index contributed by atoms with van der Waals surface area (Å²) in [5.41, 5.74) is 1.81. The second kappa shape index (κ2) is 8.33. The van der Waals surface area contributed by atoms with Crippen LogP contribution in [0.15, 0.2) is 22.7 Å². The Hall–Kier alpha value is -0.870. The molecule has 3 nitrogen and oxygen atoms in total. The molecule has 0 N–H and O–H groups in total. The number of nitrogens with zero attached hydrogens (tertiary/aromatic N) is 1. The third-order valence-corrected chi connectivity index (χ3v) is 3.97. The van der Waals surface area contributed by atoms with E-state index in [2.05, 4.69) is 34.7 Å². The number of aldehydes is 1. The van der Waals surface area contributed by atoms with E-state index in [0.717, 1.165) is 35.8 Å². The van der Waals surface area contributed by atoms with Gasteiger partial charge in [0, 0.05) is 29.7 Å². The number of hydrogen-bond donors (Lipinski definition) is 0. The minimum absolute atomic E-state index is 0.480. The Labute approximate surface area is 124 Å². The van der Waals surface area contributed by atoms with Crippen molar-refractivity contribution < 1.29 is 9.53 Å². The number of benzene rings is 1. The van der Waals surface area contributed by atoms with Crippen LogP contribution in [-0.2, 0) is 4.74 Å². The maximum absolute atomic E-state index is 10.8. The Morgan fingerprint density at radius 1 is 1.37 bits per heavy atom. The molecule has 0 aliphatic heterocycles. The smallest absolute Gasteiger partial charge is 0.150 e. The molecular formula is C15H22BrNO2. The molecule has 0 saturated carbocycles. The zero-order chi connectivity index (χ0) is 14.3. The van der Waals surface area contributed by atoms with Crippen LogP contribution in [0.1, 0.15) is 37.0 Å². The molecule has 106 valence electrons. The molecule has 0 unspecified atom stereocenters. The predicted molar refractivity (Wildman–Crippen MR) is 83.1 cm³/mol. The first-order chi connectivity index (χ1) is 9.17. The molecule has 0 heterocycles. The Morgan fingerprint density at radius 3 is 2.53 bits per heavy atom. The SMILES string of the molecule is CCC(CC)N(CCOC)c1ccc(C=O)cc1Br. The first-order valence-corrected chi connectivity index (χ1v) is 7.47. The van der Waals surface area contributed by atoms with E-state index >= 15 is 0 Å². The number of methoxy groups -OCH3 is 1. The molecule has 0 amide bonds. The highest BCUT2D eigenvalue weighted by Crippen LogP contribution is 2.29. The number of anilines is 1. The van der Waals surface area contributed by atoms with Gasteiger partial charge >= 0.3 is 0 Å². The van der Waals surface area contributed by atoms with E-state index < -0.39 is 0 Å². The number of rotatable bonds is 8. The van der Waals surface area contributed by atoms with Crippen molar-refractivity contribution in [2.45, 2.75) is 32.7 Å². The minimum Gasteiger partial charge on any atom is -0.383 e. The molecule has 0 aromatic heterocycles. The summed E-state index contributed by atoms with van der Waals surface area (Å²) in [6.45, 7) is 5.93. The highest BCUT2D eigenvalue weighted by molar-refractivity contribution is 9.10. The van der Waals surface area contributed by atoms with E-state index in [1.165, 1.54) is 0 Å². The predicted octanol–water partition coefficient (Wildman–Crippen LogP) is 3.90. The average Bonchev–Trinajstić information content (AvgIpc) is 2.44. The first kappa shape index (κ1) is 16.2. The monoisotopic (exact) mass is 327 g/mol. The van der Waals surface area contributed by atoms with Crippen molar-refractivity contribution in [3.05, 3.63) is 28.2 Å². The van der Waals surface area contributed by atoms with Crippen molar-refractivity contribution in [2.75, 3.05) is 25.2 Å². The fourth-order valence-electron chi connectivity index (χ4n) is 2.25. The summed E-state index contributed by atoms with van der Waals surface area (Å²) in [6.07, 6.45) is 3.04. The molecule has 0 radical (unpaired) electrons. The van der Waals surface area contributed by atoms with Crippen molar-refractivity contribution >= 4 is 27.9 Å². The van der Waals surface area contributed by atoms with Crippen LogP contribution in [0.5, 0.6) is 0 Å². The van der Waals surface area contributed by atoms with Crippen LogP contribution >= 0.6 is 15.9 Å². The Balaban J connectivity index is 3.05. The lowest BCUT2D eigenvalue weighted by molar-refractivity contribution is 0.112. The van der Waals surface area contributed by atoms with Gasteiger partial charge < -0.3 is 9.64 Å². The summed E-state index contributed by atoms with van der Waals surface area (Å²) in [4.78, 5) is 13.2. The van der Waals surface area contributed by atoms with E-state index in [1.807, 2.05) is 18.2 Å². The summed E-state index contributed by atoms with van der Waals surface area (Å²) in [7, 11) is 1.72. The number of carbonyl (C=O) groups excluding carboxylic acids is 1. The molecule has 0 saturated heterocycles. The third kappa shape index (κ3) is 4.32. The van der Waals surface area contributed by atoms with Crippen molar-refractivity contribution in [1.82, 2.24) is 0 Å². The van der Waals surface area contributed by atoms with Crippen molar-refractivity contribution in [3.8, 4) is 0 Å². The van der Waals surface area contributed by atoms with E-state index in [-0.39, 0.29) is 0 Å². The molecule has 0 spiro atoms. The largest absolute Gasteiger partial charge is 0.383 e. The molecule has 1 aromatic rings. The van der Waals surface area contributed by atoms with Crippen LogP contribution in [0.3, 0.4) is 0 Å². The van der Waals surface area contributed by atoms with Crippen LogP contribution in [0.25, 0.3) is 0 Å². The fraction of sp³-hybridized carbons (Fsp3) is 0.533. The average molecular weight is 328 g/mol. The normalized spacial score (nSPS) is 10.8. The van der Waals surface area contributed by atoms with Crippen LogP contribution in [0.4, 0.5) is 5.69 Å². The molecular weight excluding hydrogens is 306 g/mol. The summed E-state index contributed by atoms with van der Waals surface area (Å²) < 4.78 is 6.16. The van der Waals surface area contributed by atoms with Crippen molar-refractivity contribution in [3.63, 3.8) is 0 Å². The van der Waals surface area contributed by atoms with Gasteiger partial charge in [0.15, 0.2) is 0 Å². The number of hydrogen-bond acceptors (Lipinski definition) is 3. The fourth-order valence-corrected chi connectivity index (χ4v) is 2.87. The van der Waals surface area contributed by atoms with E-state index in [0.29, 0.717) is 18.2 Å². The molecule has 0 aliphatic carbocycles. The second-order valence-corrected chi connectivity index (χ2v) is 5.34. The summed E-state index contributed by atoms with van der Waals surface area (Å²) >= 11 is 3.57. The van der Waals surface area contributed by atoms with E-state index in [9.17, 15) is 4.79 Å². The van der Waals surface area contributed by atoms with E-state index in [4.69, 9.17) is 4.74 Å². The maximum atomic E-state index is 10.8. The molecule has 1 aromatic carbocycles. The molecule has 0 fully saturated rings. The molecule has 0 aliphatic rings. The zero-order valence-electron chi connectivity index (χ0n) is 11.9. The summed E-state index contributed by atoms with van der Waals surface area (Å²) in [5, 5.41) is 0. The van der Waals surface area contributed by atoms with Gasteiger partial charge in [0.2, 0.25) is 0 Å². The van der Waals surface area contributed by atoms with Gasteiger partial charge in [0.05, 0.1) is 12.3 Å². The minimum atomic E-state index is 0.480. The van der Waals surface area contributed by atoms with Crippen LogP contribution < -0.4 is 4.90 Å². The highest BCUT2D eigenvalue weighted by atomic mass is 79.9. The third-order valence-electron chi connectivity index (χ3n) is 3.34. The molecule has 0 atom stereocenters. The standard InChI is InChI=1S/C15H22BrNO2/c1-4-13(5-2)17(8-9-19-3)15-7-6-12(11-18)10-14(15)16/h6-7,10-11,13H,4-5,8-9H2,1-3H3. The number of carbonyl (C=O) groups is 1. The number of ether oxygens (including phenoxy) is 1. The van der Waals surface area contributed by atoms with Crippen LogP contribution in [0.2, 0.25) is 0 Å². The quantitative estimate of drug-likeness (QED) is 0.678. The second-order valence-electron chi connectivity index (χ2n) is 4.49. The molecule has 0 bridgehead atoms. The van der Waals surface area contributed by atoms with Gasteiger partial charge in [-0.25, -0.2) is 0 Å².